The average molecular weight is 368 g/mol. The smallest absolute Gasteiger partial charge is 0.0746 e. The van der Waals surface area contributed by atoms with Crippen LogP contribution in [0.3, 0.4) is 0 Å². The van der Waals surface area contributed by atoms with E-state index in [2.05, 4.69) is 57.2 Å². The molecule has 0 bridgehead atoms. The highest BCUT2D eigenvalue weighted by Crippen LogP contribution is 2.15. The molecular weight excluding hydrogens is 347 g/mol. The van der Waals surface area contributed by atoms with E-state index in [9.17, 15) is 0 Å². The lowest BCUT2D eigenvalue weighted by molar-refractivity contribution is 0.601. The number of para-hydroxylation sites is 1. The highest BCUT2D eigenvalue weighted by atomic mass is 127. The molecule has 0 saturated carbocycles. The maximum atomic E-state index is 4.48. The minimum absolute atomic E-state index is 0.917. The van der Waals surface area contributed by atoms with Gasteiger partial charge in [0.05, 0.1) is 5.52 Å². The second-order valence-electron chi connectivity index (χ2n) is 4.77. The van der Waals surface area contributed by atoms with Crippen LogP contribution in [0.4, 0.5) is 0 Å². The lowest BCUT2D eigenvalue weighted by Gasteiger charge is -2.07. The monoisotopic (exact) mass is 368 g/mol. The summed E-state index contributed by atoms with van der Waals surface area (Å²) in [7, 11) is 0. The first-order valence-electron chi connectivity index (χ1n) is 7.01. The zero-order chi connectivity index (χ0) is 13.3. The molecule has 2 rings (SSSR count). The first kappa shape index (κ1) is 14.7. The molecule has 1 aromatic carbocycles. The third kappa shape index (κ3) is 4.73. The van der Waals surface area contributed by atoms with Gasteiger partial charge in [0.15, 0.2) is 0 Å². The number of pyridine rings is 1. The van der Waals surface area contributed by atoms with Crippen LogP contribution in [-0.4, -0.2) is 16.0 Å². The lowest BCUT2D eigenvalue weighted by atomic mass is 10.1. The minimum Gasteiger partial charge on any atom is -0.313 e. The Hall–Kier alpha value is -0.680. The van der Waals surface area contributed by atoms with Gasteiger partial charge in [-0.3, -0.25) is 4.98 Å². The zero-order valence-electron chi connectivity index (χ0n) is 11.2. The van der Waals surface area contributed by atoms with E-state index < -0.39 is 0 Å². The van der Waals surface area contributed by atoms with E-state index in [4.69, 9.17) is 0 Å². The molecule has 1 N–H and O–H groups in total. The van der Waals surface area contributed by atoms with Crippen molar-refractivity contribution in [3.05, 3.63) is 42.1 Å². The van der Waals surface area contributed by atoms with Gasteiger partial charge in [-0.15, -0.1) is 0 Å². The standard InChI is InChI=1S/C16H21IN2/c17-10-3-1-2-4-11-18-13-15-8-5-7-14-9-6-12-19-16(14)15/h5-9,12,18H,1-4,10-11,13H2. The Labute approximate surface area is 129 Å². The number of rotatable bonds is 8. The number of hydrogen-bond donors (Lipinski definition) is 1. The molecule has 0 spiro atoms. The molecule has 0 amide bonds. The molecule has 2 aromatic rings. The summed E-state index contributed by atoms with van der Waals surface area (Å²) in [5, 5.41) is 4.75. The van der Waals surface area contributed by atoms with Crippen molar-refractivity contribution in [2.45, 2.75) is 32.2 Å². The fraction of sp³-hybridized carbons (Fsp3) is 0.438. The average Bonchev–Trinajstić information content (AvgIpc) is 2.46. The highest BCUT2D eigenvalue weighted by Gasteiger charge is 2.00. The number of benzene rings is 1. The van der Waals surface area contributed by atoms with E-state index >= 15 is 0 Å². The van der Waals surface area contributed by atoms with E-state index in [1.165, 1.54) is 41.1 Å². The van der Waals surface area contributed by atoms with Gasteiger partial charge in [0.2, 0.25) is 0 Å². The Morgan fingerprint density at radius 1 is 1.00 bits per heavy atom. The summed E-state index contributed by atoms with van der Waals surface area (Å²) in [5.74, 6) is 0. The van der Waals surface area contributed by atoms with Crippen LogP contribution in [0.1, 0.15) is 31.2 Å². The predicted molar refractivity (Wildman–Crippen MR) is 90.8 cm³/mol. The Kier molecular flexibility index (Phi) is 6.57. The topological polar surface area (TPSA) is 24.9 Å². The third-order valence-corrected chi connectivity index (χ3v) is 4.03. The van der Waals surface area contributed by atoms with Crippen LogP contribution in [0, 0.1) is 0 Å². The van der Waals surface area contributed by atoms with E-state index in [0.717, 1.165) is 18.6 Å². The molecule has 1 heterocycles. The van der Waals surface area contributed by atoms with Crippen molar-refractivity contribution in [1.82, 2.24) is 10.3 Å². The van der Waals surface area contributed by atoms with Crippen molar-refractivity contribution in [2.75, 3.05) is 11.0 Å². The van der Waals surface area contributed by atoms with Crippen molar-refractivity contribution in [3.8, 4) is 0 Å². The molecule has 0 aliphatic carbocycles. The Balaban J connectivity index is 1.78. The Morgan fingerprint density at radius 3 is 2.74 bits per heavy atom. The highest BCUT2D eigenvalue weighted by molar-refractivity contribution is 14.1. The minimum atomic E-state index is 0.917. The number of fused-ring (bicyclic) bond motifs is 1. The second-order valence-corrected chi connectivity index (χ2v) is 5.85. The van der Waals surface area contributed by atoms with Crippen LogP contribution < -0.4 is 5.32 Å². The van der Waals surface area contributed by atoms with E-state index in [1.807, 2.05) is 12.3 Å². The van der Waals surface area contributed by atoms with Crippen LogP contribution in [0.25, 0.3) is 10.9 Å². The molecule has 0 aliphatic rings. The van der Waals surface area contributed by atoms with Crippen LogP contribution >= 0.6 is 22.6 Å². The van der Waals surface area contributed by atoms with Gasteiger partial charge in [0.25, 0.3) is 0 Å². The van der Waals surface area contributed by atoms with Crippen molar-refractivity contribution in [3.63, 3.8) is 0 Å². The molecule has 19 heavy (non-hydrogen) atoms. The second kappa shape index (κ2) is 8.48. The molecule has 0 fully saturated rings. The quantitative estimate of drug-likeness (QED) is 0.427. The molecule has 2 nitrogen and oxygen atoms in total. The van der Waals surface area contributed by atoms with Crippen LogP contribution in [0.5, 0.6) is 0 Å². The molecule has 3 heteroatoms. The zero-order valence-corrected chi connectivity index (χ0v) is 13.4. The number of nitrogens with zero attached hydrogens (tertiary/aromatic N) is 1. The third-order valence-electron chi connectivity index (χ3n) is 3.27. The summed E-state index contributed by atoms with van der Waals surface area (Å²) in [6.07, 6.45) is 7.20. The number of halogens is 1. The van der Waals surface area contributed by atoms with Crippen LogP contribution in [0.15, 0.2) is 36.5 Å². The number of unbranched alkanes of at least 4 members (excludes halogenated alkanes) is 3. The fourth-order valence-electron chi connectivity index (χ4n) is 2.23. The molecule has 1 aromatic heterocycles. The van der Waals surface area contributed by atoms with E-state index in [-0.39, 0.29) is 0 Å². The fourth-order valence-corrected chi connectivity index (χ4v) is 2.77. The maximum absolute atomic E-state index is 4.48. The van der Waals surface area contributed by atoms with Crippen molar-refractivity contribution < 1.29 is 0 Å². The van der Waals surface area contributed by atoms with Gasteiger partial charge in [-0.25, -0.2) is 0 Å². The maximum Gasteiger partial charge on any atom is 0.0746 e. The van der Waals surface area contributed by atoms with Crippen molar-refractivity contribution >= 4 is 33.5 Å². The van der Waals surface area contributed by atoms with Gasteiger partial charge in [-0.05, 0) is 35.4 Å². The Morgan fingerprint density at radius 2 is 1.84 bits per heavy atom. The number of hydrogen-bond acceptors (Lipinski definition) is 2. The number of aromatic nitrogens is 1. The number of alkyl halides is 1. The molecule has 102 valence electrons. The summed E-state index contributed by atoms with van der Waals surface area (Å²) in [6.45, 7) is 2.02. The summed E-state index contributed by atoms with van der Waals surface area (Å²) in [5.41, 5.74) is 2.42. The van der Waals surface area contributed by atoms with E-state index in [0.29, 0.717) is 0 Å². The first-order valence-corrected chi connectivity index (χ1v) is 8.53. The Bertz CT molecular complexity index is 494. The van der Waals surface area contributed by atoms with Gasteiger partial charge >= 0.3 is 0 Å². The van der Waals surface area contributed by atoms with Gasteiger partial charge in [0, 0.05) is 18.1 Å². The predicted octanol–water partition coefficient (Wildman–Crippen LogP) is 4.32. The molecular formula is C16H21IN2. The summed E-state index contributed by atoms with van der Waals surface area (Å²) in [4.78, 5) is 4.48. The van der Waals surface area contributed by atoms with Crippen molar-refractivity contribution in [1.29, 1.82) is 0 Å². The van der Waals surface area contributed by atoms with Crippen LogP contribution in [0.2, 0.25) is 0 Å². The molecule has 0 radical (unpaired) electrons. The number of nitrogens with one attached hydrogen (secondary N) is 1. The summed E-state index contributed by atoms with van der Waals surface area (Å²) >= 11 is 2.45. The molecule has 0 aliphatic heterocycles. The summed E-state index contributed by atoms with van der Waals surface area (Å²) < 4.78 is 1.28. The van der Waals surface area contributed by atoms with E-state index in [1.54, 1.807) is 0 Å². The summed E-state index contributed by atoms with van der Waals surface area (Å²) in [6, 6.07) is 10.5. The molecule has 0 atom stereocenters. The molecule has 0 saturated heterocycles. The van der Waals surface area contributed by atoms with Gasteiger partial charge in [-0.1, -0.05) is 59.7 Å². The lowest BCUT2D eigenvalue weighted by Crippen LogP contribution is -2.15. The largest absolute Gasteiger partial charge is 0.313 e. The normalized spacial score (nSPS) is 11.0. The van der Waals surface area contributed by atoms with Gasteiger partial charge < -0.3 is 5.32 Å². The SMILES string of the molecule is ICCCCCCNCc1cccc2cccnc12. The van der Waals surface area contributed by atoms with Crippen LogP contribution in [-0.2, 0) is 6.54 Å². The van der Waals surface area contributed by atoms with Gasteiger partial charge in [0.1, 0.15) is 0 Å². The first-order chi connectivity index (χ1) is 9.42. The van der Waals surface area contributed by atoms with Crippen molar-refractivity contribution in [2.24, 2.45) is 0 Å². The molecule has 0 unspecified atom stereocenters. The van der Waals surface area contributed by atoms with Gasteiger partial charge in [-0.2, -0.15) is 0 Å².